The highest BCUT2D eigenvalue weighted by atomic mass is 16.6. The summed E-state index contributed by atoms with van der Waals surface area (Å²) in [4.78, 5) is 29.5. The van der Waals surface area contributed by atoms with E-state index in [-0.39, 0.29) is 11.5 Å². The van der Waals surface area contributed by atoms with Crippen molar-refractivity contribution in [2.24, 2.45) is 0 Å². The number of piperazine rings is 1. The summed E-state index contributed by atoms with van der Waals surface area (Å²) in [6, 6.07) is 15.2. The van der Waals surface area contributed by atoms with Crippen molar-refractivity contribution in [3.8, 4) is 11.5 Å². The number of hydrogen-bond donors (Lipinski definition) is 0. The molecular formula is C23H28N2O5. The number of para-hydroxylation sites is 1. The summed E-state index contributed by atoms with van der Waals surface area (Å²) >= 11 is 0. The maximum absolute atomic E-state index is 12.8. The highest BCUT2D eigenvalue weighted by molar-refractivity contribution is 5.95. The second-order valence-corrected chi connectivity index (χ2v) is 7.18. The van der Waals surface area contributed by atoms with E-state index in [1.807, 2.05) is 18.2 Å². The Hall–Kier alpha value is -3.06. The maximum Gasteiger partial charge on any atom is 0.342 e. The van der Waals surface area contributed by atoms with Gasteiger partial charge in [-0.05, 0) is 24.6 Å². The minimum Gasteiger partial charge on any atom is -0.493 e. The van der Waals surface area contributed by atoms with Crippen LogP contribution in [0.4, 0.5) is 0 Å². The van der Waals surface area contributed by atoms with Crippen molar-refractivity contribution in [3.05, 3.63) is 59.7 Å². The number of ether oxygens (including phenoxy) is 3. The molecule has 3 rings (SSSR count). The first-order valence-electron chi connectivity index (χ1n) is 10.0. The lowest BCUT2D eigenvalue weighted by Gasteiger charge is -2.35. The van der Waals surface area contributed by atoms with Crippen LogP contribution in [0.25, 0.3) is 0 Å². The van der Waals surface area contributed by atoms with E-state index >= 15 is 0 Å². The summed E-state index contributed by atoms with van der Waals surface area (Å²) in [5.41, 5.74) is 1.48. The molecule has 1 saturated heterocycles. The first-order valence-corrected chi connectivity index (χ1v) is 10.0. The molecule has 1 aliphatic heterocycles. The van der Waals surface area contributed by atoms with Gasteiger partial charge in [-0.2, -0.15) is 0 Å². The van der Waals surface area contributed by atoms with Gasteiger partial charge < -0.3 is 19.1 Å². The Labute approximate surface area is 177 Å². The summed E-state index contributed by atoms with van der Waals surface area (Å²) in [5, 5.41) is 0. The molecule has 30 heavy (non-hydrogen) atoms. The Morgan fingerprint density at radius 2 is 1.63 bits per heavy atom. The zero-order valence-corrected chi connectivity index (χ0v) is 17.7. The smallest absolute Gasteiger partial charge is 0.342 e. The van der Waals surface area contributed by atoms with Crippen molar-refractivity contribution < 1.29 is 23.8 Å². The van der Waals surface area contributed by atoms with Crippen LogP contribution in [0.5, 0.6) is 11.5 Å². The zero-order chi connectivity index (χ0) is 21.5. The van der Waals surface area contributed by atoms with Crippen LogP contribution in [-0.4, -0.2) is 68.2 Å². The molecular weight excluding hydrogens is 384 g/mol. The number of methoxy groups -OCH3 is 2. The highest BCUT2D eigenvalue weighted by Gasteiger charge is 2.28. The fourth-order valence-electron chi connectivity index (χ4n) is 3.55. The largest absolute Gasteiger partial charge is 0.493 e. The standard InChI is InChI=1S/C23H28N2O5/c1-17(30-23(27)19-10-7-11-20(28-2)21(19)29-3)22(26)25-14-12-24(13-15-25)16-18-8-5-4-6-9-18/h4-11,17H,12-16H2,1-3H3. The molecule has 1 heterocycles. The van der Waals surface area contributed by atoms with Crippen LogP contribution in [-0.2, 0) is 16.1 Å². The molecule has 0 bridgehead atoms. The molecule has 1 fully saturated rings. The lowest BCUT2D eigenvalue weighted by Crippen LogP contribution is -2.51. The Morgan fingerprint density at radius 1 is 0.933 bits per heavy atom. The van der Waals surface area contributed by atoms with E-state index in [0.717, 1.165) is 19.6 Å². The van der Waals surface area contributed by atoms with Gasteiger partial charge in [0.2, 0.25) is 0 Å². The van der Waals surface area contributed by atoms with Crippen molar-refractivity contribution >= 4 is 11.9 Å². The number of carbonyl (C=O) groups is 2. The van der Waals surface area contributed by atoms with Gasteiger partial charge in [0.05, 0.1) is 14.2 Å². The van der Waals surface area contributed by atoms with Gasteiger partial charge in [-0.3, -0.25) is 9.69 Å². The molecule has 160 valence electrons. The van der Waals surface area contributed by atoms with Gasteiger partial charge in [-0.1, -0.05) is 36.4 Å². The van der Waals surface area contributed by atoms with Gasteiger partial charge in [0.1, 0.15) is 5.56 Å². The average Bonchev–Trinajstić information content (AvgIpc) is 2.79. The van der Waals surface area contributed by atoms with Gasteiger partial charge in [0.25, 0.3) is 5.91 Å². The third-order valence-electron chi connectivity index (χ3n) is 5.19. The van der Waals surface area contributed by atoms with E-state index in [1.165, 1.54) is 19.8 Å². The van der Waals surface area contributed by atoms with E-state index in [4.69, 9.17) is 14.2 Å². The Balaban J connectivity index is 1.54. The predicted octanol–water partition coefficient (Wildman–Crippen LogP) is 2.59. The van der Waals surface area contributed by atoms with Gasteiger partial charge in [-0.15, -0.1) is 0 Å². The van der Waals surface area contributed by atoms with E-state index in [9.17, 15) is 9.59 Å². The lowest BCUT2D eigenvalue weighted by atomic mass is 10.2. The predicted molar refractivity (Wildman–Crippen MR) is 113 cm³/mol. The van der Waals surface area contributed by atoms with Crippen LogP contribution in [0, 0.1) is 0 Å². The summed E-state index contributed by atoms with van der Waals surface area (Å²) in [5.74, 6) is -0.0847. The Kier molecular flexibility index (Phi) is 7.30. The van der Waals surface area contributed by atoms with E-state index < -0.39 is 12.1 Å². The normalized spacial score (nSPS) is 15.4. The van der Waals surface area contributed by atoms with Gasteiger partial charge in [-0.25, -0.2) is 4.79 Å². The molecule has 7 nitrogen and oxygen atoms in total. The Bertz CT molecular complexity index is 863. The first-order chi connectivity index (χ1) is 14.5. The van der Waals surface area contributed by atoms with Crippen LogP contribution >= 0.6 is 0 Å². The molecule has 0 spiro atoms. The molecule has 1 aliphatic rings. The van der Waals surface area contributed by atoms with Crippen molar-refractivity contribution in [2.75, 3.05) is 40.4 Å². The van der Waals surface area contributed by atoms with Crippen molar-refractivity contribution in [3.63, 3.8) is 0 Å². The lowest BCUT2D eigenvalue weighted by molar-refractivity contribution is -0.141. The van der Waals surface area contributed by atoms with Crippen molar-refractivity contribution in [1.82, 2.24) is 9.80 Å². The summed E-state index contributed by atoms with van der Waals surface area (Å²) < 4.78 is 15.9. The number of benzene rings is 2. The molecule has 2 aromatic rings. The number of hydrogen-bond acceptors (Lipinski definition) is 6. The molecule has 0 aliphatic carbocycles. The minimum atomic E-state index is -0.880. The van der Waals surface area contributed by atoms with Crippen LogP contribution < -0.4 is 9.47 Å². The van der Waals surface area contributed by atoms with E-state index in [2.05, 4.69) is 17.0 Å². The summed E-state index contributed by atoms with van der Waals surface area (Å²) in [6.45, 7) is 5.24. The molecule has 1 atom stereocenters. The fraction of sp³-hybridized carbons (Fsp3) is 0.391. The fourth-order valence-corrected chi connectivity index (χ4v) is 3.55. The molecule has 0 radical (unpaired) electrons. The molecule has 1 amide bonds. The quantitative estimate of drug-likeness (QED) is 0.651. The molecule has 0 saturated carbocycles. The van der Waals surface area contributed by atoms with Gasteiger partial charge in [0.15, 0.2) is 17.6 Å². The number of nitrogens with zero attached hydrogens (tertiary/aromatic N) is 2. The van der Waals surface area contributed by atoms with Crippen LogP contribution in [0.3, 0.4) is 0 Å². The number of esters is 1. The second kappa shape index (κ2) is 10.1. The minimum absolute atomic E-state index is 0.190. The second-order valence-electron chi connectivity index (χ2n) is 7.18. The van der Waals surface area contributed by atoms with Crippen LogP contribution in [0.2, 0.25) is 0 Å². The van der Waals surface area contributed by atoms with E-state index in [1.54, 1.807) is 30.0 Å². The first kappa shape index (κ1) is 21.6. The maximum atomic E-state index is 12.8. The van der Waals surface area contributed by atoms with E-state index in [0.29, 0.717) is 24.6 Å². The topological polar surface area (TPSA) is 68.3 Å². The van der Waals surface area contributed by atoms with Gasteiger partial charge in [0, 0.05) is 32.7 Å². The SMILES string of the molecule is COc1cccc(C(=O)OC(C)C(=O)N2CCN(Cc3ccccc3)CC2)c1OC. The zero-order valence-electron chi connectivity index (χ0n) is 17.7. The van der Waals surface area contributed by atoms with Crippen LogP contribution in [0.15, 0.2) is 48.5 Å². The van der Waals surface area contributed by atoms with Gasteiger partial charge >= 0.3 is 5.97 Å². The average molecular weight is 412 g/mol. The highest BCUT2D eigenvalue weighted by Crippen LogP contribution is 2.31. The molecule has 7 heteroatoms. The number of carbonyl (C=O) groups excluding carboxylic acids is 2. The molecule has 0 aromatic heterocycles. The third kappa shape index (κ3) is 5.10. The molecule has 1 unspecified atom stereocenters. The number of rotatable bonds is 7. The Morgan fingerprint density at radius 3 is 2.27 bits per heavy atom. The third-order valence-corrected chi connectivity index (χ3v) is 5.19. The summed E-state index contributed by atoms with van der Waals surface area (Å²) in [6.07, 6.45) is -0.880. The van der Waals surface area contributed by atoms with Crippen molar-refractivity contribution in [2.45, 2.75) is 19.6 Å². The van der Waals surface area contributed by atoms with Crippen molar-refractivity contribution in [1.29, 1.82) is 0 Å². The summed E-state index contributed by atoms with van der Waals surface area (Å²) in [7, 11) is 2.95. The molecule has 0 N–H and O–H groups in total. The monoisotopic (exact) mass is 412 g/mol. The van der Waals surface area contributed by atoms with Crippen LogP contribution in [0.1, 0.15) is 22.8 Å². The molecule has 2 aromatic carbocycles. The number of amides is 1.